The van der Waals surface area contributed by atoms with E-state index in [0.29, 0.717) is 0 Å². The Bertz CT molecular complexity index is 305. The highest BCUT2D eigenvalue weighted by atomic mass is 33.1. The zero-order valence-electron chi connectivity index (χ0n) is 14.8. The van der Waals surface area contributed by atoms with Crippen molar-refractivity contribution in [1.82, 2.24) is 9.21 Å². The first-order chi connectivity index (χ1) is 10.6. The van der Waals surface area contributed by atoms with Crippen molar-refractivity contribution in [2.75, 3.05) is 26.2 Å². The Balaban J connectivity index is 1.68. The van der Waals surface area contributed by atoms with Gasteiger partial charge in [0.2, 0.25) is 0 Å². The van der Waals surface area contributed by atoms with Crippen LogP contribution in [0.15, 0.2) is 0 Å². The van der Waals surface area contributed by atoms with Crippen molar-refractivity contribution >= 4 is 22.6 Å². The number of piperidine rings is 2. The van der Waals surface area contributed by atoms with Crippen molar-refractivity contribution in [3.05, 3.63) is 0 Å². The summed E-state index contributed by atoms with van der Waals surface area (Å²) in [5.74, 6) is 2.78. The smallest absolute Gasteiger partial charge is 0.00999 e. The van der Waals surface area contributed by atoms with E-state index in [1.165, 1.54) is 71.1 Å². The van der Waals surface area contributed by atoms with Crippen LogP contribution in [0.1, 0.15) is 65.7 Å². The van der Waals surface area contributed by atoms with E-state index in [0.717, 1.165) is 23.8 Å². The van der Waals surface area contributed by atoms with Crippen LogP contribution < -0.4 is 0 Å². The minimum Gasteiger partial charge on any atom is -0.300 e. The Labute approximate surface area is 147 Å². The van der Waals surface area contributed by atoms with E-state index in [1.807, 2.05) is 0 Å². The lowest BCUT2D eigenvalue weighted by Crippen LogP contribution is -2.41. The number of hydrogen-bond donors (Lipinski definition) is 1. The Morgan fingerprint density at radius 1 is 1.09 bits per heavy atom. The van der Waals surface area contributed by atoms with Crippen molar-refractivity contribution in [2.24, 2.45) is 17.8 Å². The zero-order valence-corrected chi connectivity index (χ0v) is 16.5. The molecule has 3 unspecified atom stereocenters. The summed E-state index contributed by atoms with van der Waals surface area (Å²) in [5, 5.41) is 0. The molecule has 0 radical (unpaired) electrons. The molecule has 22 heavy (non-hydrogen) atoms. The quantitative estimate of drug-likeness (QED) is 0.389. The van der Waals surface area contributed by atoms with Gasteiger partial charge in [0.05, 0.1) is 0 Å². The molecule has 0 aromatic rings. The predicted octanol–water partition coefficient (Wildman–Crippen LogP) is 5.12. The molecule has 0 aromatic heterocycles. The molecular weight excluding hydrogens is 308 g/mol. The molecule has 2 aliphatic rings. The predicted molar refractivity (Wildman–Crippen MR) is 103 cm³/mol. The van der Waals surface area contributed by atoms with Crippen LogP contribution in [0.3, 0.4) is 0 Å². The van der Waals surface area contributed by atoms with Gasteiger partial charge in [-0.05, 0) is 80.7 Å². The molecule has 4 heteroatoms. The third-order valence-corrected chi connectivity index (χ3v) is 7.50. The molecule has 0 saturated carbocycles. The summed E-state index contributed by atoms with van der Waals surface area (Å²) in [4.78, 5) is 2.77. The number of hydrogen-bond acceptors (Lipinski definition) is 4. The van der Waals surface area contributed by atoms with Crippen LogP contribution in [0, 0.1) is 17.8 Å². The van der Waals surface area contributed by atoms with Crippen LogP contribution in [0.4, 0.5) is 0 Å². The maximum absolute atomic E-state index is 4.32. The fourth-order valence-electron chi connectivity index (χ4n) is 4.28. The van der Waals surface area contributed by atoms with E-state index in [4.69, 9.17) is 0 Å². The normalized spacial score (nSPS) is 28.6. The van der Waals surface area contributed by atoms with Gasteiger partial charge in [0.1, 0.15) is 0 Å². The van der Waals surface area contributed by atoms with Gasteiger partial charge in [-0.25, -0.2) is 4.31 Å². The molecule has 2 rings (SSSR count). The van der Waals surface area contributed by atoms with Crippen molar-refractivity contribution in [1.29, 1.82) is 0 Å². The lowest BCUT2D eigenvalue weighted by molar-refractivity contribution is 0.115. The van der Waals surface area contributed by atoms with Gasteiger partial charge in [0, 0.05) is 25.7 Å². The third kappa shape index (κ3) is 5.61. The first kappa shape index (κ1) is 19.0. The molecule has 130 valence electrons. The van der Waals surface area contributed by atoms with Crippen LogP contribution in [0.5, 0.6) is 0 Å². The second-order valence-corrected chi connectivity index (χ2v) is 8.83. The second kappa shape index (κ2) is 9.80. The summed E-state index contributed by atoms with van der Waals surface area (Å²) in [7, 11) is 1.62. The first-order valence-electron chi connectivity index (χ1n) is 9.44. The zero-order chi connectivity index (χ0) is 15.9. The Hall–Kier alpha value is 0.620. The first-order valence-corrected chi connectivity index (χ1v) is 11.3. The summed E-state index contributed by atoms with van der Waals surface area (Å²) >= 11 is 4.32. The molecule has 3 atom stereocenters. The molecule has 0 spiro atoms. The van der Waals surface area contributed by atoms with Gasteiger partial charge >= 0.3 is 0 Å². The molecule has 0 amide bonds. The monoisotopic (exact) mass is 344 g/mol. The molecule has 2 nitrogen and oxygen atoms in total. The van der Waals surface area contributed by atoms with Gasteiger partial charge < -0.3 is 4.90 Å². The van der Waals surface area contributed by atoms with Gasteiger partial charge in [-0.1, -0.05) is 31.9 Å². The molecule has 0 aliphatic carbocycles. The fourth-order valence-corrected chi connectivity index (χ4v) is 5.14. The summed E-state index contributed by atoms with van der Waals surface area (Å²) in [5.41, 5.74) is 0. The molecule has 2 aliphatic heterocycles. The second-order valence-electron chi connectivity index (χ2n) is 7.66. The van der Waals surface area contributed by atoms with Gasteiger partial charge in [0.15, 0.2) is 0 Å². The SMILES string of the molecule is CCC1CCCN(C(C)CCC(C)C2CCN(SS)CC2)C1. The van der Waals surface area contributed by atoms with Gasteiger partial charge in [-0.3, -0.25) is 0 Å². The fraction of sp³-hybridized carbons (Fsp3) is 1.00. The van der Waals surface area contributed by atoms with Crippen LogP contribution >= 0.6 is 22.6 Å². The molecule has 0 aromatic carbocycles. The molecule has 2 heterocycles. The average molecular weight is 345 g/mol. The van der Waals surface area contributed by atoms with E-state index in [1.54, 1.807) is 11.0 Å². The van der Waals surface area contributed by atoms with Crippen LogP contribution in [-0.4, -0.2) is 41.4 Å². The van der Waals surface area contributed by atoms with E-state index in [2.05, 4.69) is 41.6 Å². The van der Waals surface area contributed by atoms with E-state index >= 15 is 0 Å². The Morgan fingerprint density at radius 3 is 2.45 bits per heavy atom. The van der Waals surface area contributed by atoms with Crippen LogP contribution in [0.25, 0.3) is 0 Å². The standard InChI is InChI=1S/C18H36N2S2/c1-4-17-6-5-11-19(14-17)16(3)8-7-15(2)18-9-12-20(22-21)13-10-18/h15-18,21H,4-14H2,1-3H3. The summed E-state index contributed by atoms with van der Waals surface area (Å²) < 4.78 is 2.40. The topological polar surface area (TPSA) is 6.48 Å². The average Bonchev–Trinajstić information content (AvgIpc) is 2.59. The third-order valence-electron chi connectivity index (χ3n) is 6.21. The van der Waals surface area contributed by atoms with Crippen molar-refractivity contribution in [3.8, 4) is 0 Å². The number of thiol groups is 1. The molecule has 2 saturated heterocycles. The highest BCUT2D eigenvalue weighted by Crippen LogP contribution is 2.32. The molecule has 0 bridgehead atoms. The minimum absolute atomic E-state index is 0.782. The maximum atomic E-state index is 4.32. The minimum atomic E-state index is 0.782. The number of nitrogens with zero attached hydrogens (tertiary/aromatic N) is 2. The molecular formula is C18H36N2S2. The highest BCUT2D eigenvalue weighted by Gasteiger charge is 2.26. The van der Waals surface area contributed by atoms with E-state index in [9.17, 15) is 0 Å². The summed E-state index contributed by atoms with van der Waals surface area (Å²) in [6.45, 7) is 12.5. The van der Waals surface area contributed by atoms with Gasteiger partial charge in [-0.15, -0.1) is 0 Å². The molecule has 0 N–H and O–H groups in total. The molecule has 2 fully saturated rings. The van der Waals surface area contributed by atoms with Crippen molar-refractivity contribution < 1.29 is 0 Å². The highest BCUT2D eigenvalue weighted by molar-refractivity contribution is 8.67. The lowest BCUT2D eigenvalue weighted by atomic mass is 9.82. The Kier molecular flexibility index (Phi) is 8.45. The lowest BCUT2D eigenvalue weighted by Gasteiger charge is -2.38. The van der Waals surface area contributed by atoms with Gasteiger partial charge in [-0.2, -0.15) is 0 Å². The van der Waals surface area contributed by atoms with Crippen LogP contribution in [0.2, 0.25) is 0 Å². The van der Waals surface area contributed by atoms with Crippen molar-refractivity contribution in [3.63, 3.8) is 0 Å². The van der Waals surface area contributed by atoms with Crippen LogP contribution in [-0.2, 0) is 0 Å². The largest absolute Gasteiger partial charge is 0.300 e. The maximum Gasteiger partial charge on any atom is 0.00999 e. The van der Waals surface area contributed by atoms with E-state index in [-0.39, 0.29) is 0 Å². The Morgan fingerprint density at radius 2 is 1.82 bits per heavy atom. The summed E-state index contributed by atoms with van der Waals surface area (Å²) in [6, 6.07) is 0.782. The van der Waals surface area contributed by atoms with Crippen molar-refractivity contribution in [2.45, 2.75) is 71.8 Å². The summed E-state index contributed by atoms with van der Waals surface area (Å²) in [6.07, 6.45) is 9.76. The number of rotatable bonds is 7. The van der Waals surface area contributed by atoms with E-state index < -0.39 is 0 Å². The number of likely N-dealkylation sites (tertiary alicyclic amines) is 1. The van der Waals surface area contributed by atoms with Gasteiger partial charge in [0.25, 0.3) is 0 Å².